The first-order valence-corrected chi connectivity index (χ1v) is 10.1. The molecule has 0 fully saturated rings. The molecule has 0 amide bonds. The number of ether oxygens (including phenoxy) is 2. The number of thiazole rings is 1. The Kier molecular flexibility index (Phi) is 12.1. The van der Waals surface area contributed by atoms with Gasteiger partial charge in [-0.1, -0.05) is 11.8 Å². The molecule has 2 N–H and O–H groups in total. The average molecular weight is 544 g/mol. The fourth-order valence-electron chi connectivity index (χ4n) is 2.15. The third-order valence-electron chi connectivity index (χ3n) is 3.40. The van der Waals surface area contributed by atoms with E-state index in [2.05, 4.69) is 25.3 Å². The highest BCUT2D eigenvalue weighted by Crippen LogP contribution is 2.25. The van der Waals surface area contributed by atoms with Gasteiger partial charge in [0.2, 0.25) is 0 Å². The number of thioether (sulfide) groups is 1. The van der Waals surface area contributed by atoms with Crippen LogP contribution in [0.25, 0.3) is 0 Å². The van der Waals surface area contributed by atoms with Crippen molar-refractivity contribution >= 4 is 53.0 Å². The predicted octanol–water partition coefficient (Wildman–Crippen LogP) is 4.22. The quantitative estimate of drug-likeness (QED) is 0.154. The summed E-state index contributed by atoms with van der Waals surface area (Å²) >= 11 is 3.34. The lowest BCUT2D eigenvalue weighted by molar-refractivity contribution is -0.0504. The second-order valence-corrected chi connectivity index (χ2v) is 7.44. The van der Waals surface area contributed by atoms with Crippen molar-refractivity contribution in [3.8, 4) is 11.5 Å². The van der Waals surface area contributed by atoms with Crippen molar-refractivity contribution in [2.24, 2.45) is 4.99 Å². The van der Waals surface area contributed by atoms with Crippen molar-refractivity contribution in [2.45, 2.75) is 23.9 Å². The Hall–Kier alpha value is -1.34. The van der Waals surface area contributed by atoms with Crippen molar-refractivity contribution < 1.29 is 18.3 Å². The molecule has 11 heteroatoms. The van der Waals surface area contributed by atoms with Gasteiger partial charge < -0.3 is 20.1 Å². The standard InChI is InChI=1S/C17H22F2N4O2S2.HI/c1-20-16(21-6-3-8-26-17-22-7-9-27-17)23-11-12-10-13(24-2)4-5-14(12)25-15(18)19;/h4-5,7,9-10,15H,3,6,8,11H2,1-2H3,(H2,20,21,23);1H. The molecule has 0 bridgehead atoms. The molecule has 0 spiro atoms. The fourth-order valence-corrected chi connectivity index (χ4v) is 3.80. The number of aromatic nitrogens is 1. The number of aliphatic imine (C=N–C) groups is 1. The van der Waals surface area contributed by atoms with E-state index in [0.717, 1.165) is 23.1 Å². The van der Waals surface area contributed by atoms with Crippen LogP contribution in [0.5, 0.6) is 11.5 Å². The van der Waals surface area contributed by atoms with Crippen LogP contribution in [0.3, 0.4) is 0 Å². The summed E-state index contributed by atoms with van der Waals surface area (Å²) in [6.45, 7) is -1.88. The highest BCUT2D eigenvalue weighted by atomic mass is 127. The third-order valence-corrected chi connectivity index (χ3v) is 5.45. The molecule has 0 aliphatic carbocycles. The molecule has 0 aliphatic rings. The highest BCUT2D eigenvalue weighted by Gasteiger charge is 2.11. The molecule has 0 saturated carbocycles. The molecule has 156 valence electrons. The summed E-state index contributed by atoms with van der Waals surface area (Å²) in [5.74, 6) is 2.20. The van der Waals surface area contributed by atoms with E-state index < -0.39 is 6.61 Å². The first-order chi connectivity index (χ1) is 13.1. The van der Waals surface area contributed by atoms with Crippen LogP contribution in [-0.2, 0) is 6.54 Å². The van der Waals surface area contributed by atoms with Crippen LogP contribution in [-0.4, -0.2) is 44.0 Å². The van der Waals surface area contributed by atoms with Gasteiger partial charge in [-0.05, 0) is 24.6 Å². The molecule has 0 unspecified atom stereocenters. The number of rotatable bonds is 10. The maximum Gasteiger partial charge on any atom is 0.387 e. The van der Waals surface area contributed by atoms with Crippen LogP contribution in [0, 0.1) is 0 Å². The first-order valence-electron chi connectivity index (χ1n) is 8.21. The molecule has 1 aromatic heterocycles. The van der Waals surface area contributed by atoms with Crippen LogP contribution < -0.4 is 20.1 Å². The fraction of sp³-hybridized carbons (Fsp3) is 0.412. The molecule has 6 nitrogen and oxygen atoms in total. The van der Waals surface area contributed by atoms with Gasteiger partial charge in [0.15, 0.2) is 5.96 Å². The molecule has 28 heavy (non-hydrogen) atoms. The van der Waals surface area contributed by atoms with Crippen molar-refractivity contribution in [1.29, 1.82) is 0 Å². The van der Waals surface area contributed by atoms with Gasteiger partial charge in [0.25, 0.3) is 0 Å². The van der Waals surface area contributed by atoms with Gasteiger partial charge in [0.1, 0.15) is 15.8 Å². The zero-order chi connectivity index (χ0) is 19.5. The number of methoxy groups -OCH3 is 1. The van der Waals surface area contributed by atoms with E-state index in [1.165, 1.54) is 13.2 Å². The SMILES string of the molecule is CN=C(NCCCSc1nccs1)NCc1cc(OC)ccc1OC(F)F.I. The number of alkyl halides is 2. The summed E-state index contributed by atoms with van der Waals surface area (Å²) in [5, 5.41) is 8.25. The number of guanidine groups is 1. The number of nitrogens with one attached hydrogen (secondary N) is 2. The Labute approximate surface area is 188 Å². The lowest BCUT2D eigenvalue weighted by Crippen LogP contribution is -2.37. The normalized spacial score (nSPS) is 11.1. The van der Waals surface area contributed by atoms with Gasteiger partial charge in [-0.15, -0.1) is 35.3 Å². The minimum atomic E-state index is -2.88. The van der Waals surface area contributed by atoms with Crippen LogP contribution in [0.15, 0.2) is 39.1 Å². The monoisotopic (exact) mass is 544 g/mol. The molecule has 0 saturated heterocycles. The summed E-state index contributed by atoms with van der Waals surface area (Å²) in [6, 6.07) is 4.70. The highest BCUT2D eigenvalue weighted by molar-refractivity contribution is 14.0. The largest absolute Gasteiger partial charge is 0.497 e. The van der Waals surface area contributed by atoms with E-state index >= 15 is 0 Å². The second kappa shape index (κ2) is 13.8. The van der Waals surface area contributed by atoms with Crippen LogP contribution >= 0.6 is 47.1 Å². The van der Waals surface area contributed by atoms with Gasteiger partial charge in [0.05, 0.1) is 7.11 Å². The Morgan fingerprint density at radius 2 is 2.18 bits per heavy atom. The van der Waals surface area contributed by atoms with Crippen molar-refractivity contribution in [1.82, 2.24) is 15.6 Å². The van der Waals surface area contributed by atoms with Crippen molar-refractivity contribution in [3.05, 3.63) is 35.3 Å². The summed E-state index contributed by atoms with van der Waals surface area (Å²) in [6.07, 6.45) is 2.73. The van der Waals surface area contributed by atoms with Gasteiger partial charge in [-0.25, -0.2) is 4.98 Å². The Balaban J connectivity index is 0.00000392. The van der Waals surface area contributed by atoms with Crippen LogP contribution in [0.2, 0.25) is 0 Å². The maximum atomic E-state index is 12.6. The molecule has 0 aliphatic heterocycles. The zero-order valence-electron chi connectivity index (χ0n) is 15.5. The topological polar surface area (TPSA) is 67.8 Å². The summed E-state index contributed by atoms with van der Waals surface area (Å²) in [5.41, 5.74) is 0.553. The number of benzene rings is 1. The van der Waals surface area contributed by atoms with E-state index in [1.54, 1.807) is 48.5 Å². The molecular weight excluding hydrogens is 521 g/mol. The van der Waals surface area contributed by atoms with Gasteiger partial charge >= 0.3 is 6.61 Å². The average Bonchev–Trinajstić information content (AvgIpc) is 3.18. The molecular formula is C17H23F2IN4O2S2. The maximum absolute atomic E-state index is 12.6. The minimum absolute atomic E-state index is 0. The third kappa shape index (κ3) is 8.78. The van der Waals surface area contributed by atoms with Crippen molar-refractivity contribution in [2.75, 3.05) is 26.5 Å². The summed E-state index contributed by atoms with van der Waals surface area (Å²) < 4.78 is 35.9. The van der Waals surface area contributed by atoms with E-state index in [1.807, 2.05) is 5.38 Å². The summed E-state index contributed by atoms with van der Waals surface area (Å²) in [7, 11) is 3.17. The number of hydrogen-bond acceptors (Lipinski definition) is 6. The lowest BCUT2D eigenvalue weighted by Gasteiger charge is -2.15. The van der Waals surface area contributed by atoms with Gasteiger partial charge in [0, 0.05) is 43.0 Å². The van der Waals surface area contributed by atoms with E-state index in [9.17, 15) is 8.78 Å². The Bertz CT molecular complexity index is 721. The Morgan fingerprint density at radius 1 is 1.36 bits per heavy atom. The number of halogens is 3. The first kappa shape index (κ1) is 24.7. The predicted molar refractivity (Wildman–Crippen MR) is 121 cm³/mol. The lowest BCUT2D eigenvalue weighted by atomic mass is 10.2. The molecule has 2 aromatic rings. The smallest absolute Gasteiger partial charge is 0.387 e. The minimum Gasteiger partial charge on any atom is -0.497 e. The molecule has 0 radical (unpaired) electrons. The second-order valence-electron chi connectivity index (χ2n) is 5.20. The number of nitrogens with zero attached hydrogens (tertiary/aromatic N) is 2. The Morgan fingerprint density at radius 3 is 2.82 bits per heavy atom. The van der Waals surface area contributed by atoms with E-state index in [-0.39, 0.29) is 36.3 Å². The number of hydrogen-bond donors (Lipinski definition) is 2. The van der Waals surface area contributed by atoms with E-state index in [4.69, 9.17) is 4.74 Å². The molecule has 2 rings (SSSR count). The van der Waals surface area contributed by atoms with Gasteiger partial charge in [-0.3, -0.25) is 4.99 Å². The van der Waals surface area contributed by atoms with Crippen LogP contribution in [0.4, 0.5) is 8.78 Å². The zero-order valence-corrected chi connectivity index (χ0v) is 19.4. The van der Waals surface area contributed by atoms with Crippen LogP contribution in [0.1, 0.15) is 12.0 Å². The van der Waals surface area contributed by atoms with Gasteiger partial charge in [-0.2, -0.15) is 8.78 Å². The molecule has 0 atom stereocenters. The van der Waals surface area contributed by atoms with E-state index in [0.29, 0.717) is 17.3 Å². The van der Waals surface area contributed by atoms with Crippen molar-refractivity contribution in [3.63, 3.8) is 0 Å². The molecule has 1 heterocycles. The summed E-state index contributed by atoms with van der Waals surface area (Å²) in [4.78, 5) is 8.36. The molecule has 1 aromatic carbocycles.